The number of likely N-dealkylation sites (tertiary alicyclic amines) is 1. The van der Waals surface area contributed by atoms with E-state index in [1.165, 1.54) is 64.5 Å². The molecule has 1 N–H and O–H groups in total. The second kappa shape index (κ2) is 6.75. The van der Waals surface area contributed by atoms with Gasteiger partial charge in [-0.3, -0.25) is 4.90 Å². The summed E-state index contributed by atoms with van der Waals surface area (Å²) in [6.45, 7) is 7.44. The lowest BCUT2D eigenvalue weighted by molar-refractivity contribution is 0.136. The third-order valence-electron chi connectivity index (χ3n) is 4.71. The molecule has 0 spiro atoms. The minimum atomic E-state index is 0.763. The predicted molar refractivity (Wildman–Crippen MR) is 74.4 cm³/mol. The van der Waals surface area contributed by atoms with E-state index in [0.717, 1.165) is 18.1 Å². The topological polar surface area (TPSA) is 15.3 Å². The van der Waals surface area contributed by atoms with Crippen molar-refractivity contribution in [3.05, 3.63) is 0 Å². The van der Waals surface area contributed by atoms with Crippen molar-refractivity contribution in [2.24, 2.45) is 0 Å². The third-order valence-corrected chi connectivity index (χ3v) is 4.71. The summed E-state index contributed by atoms with van der Waals surface area (Å²) in [5.74, 6) is 0. The minimum Gasteiger partial charge on any atom is -0.314 e. The first-order valence-electron chi connectivity index (χ1n) is 7.76. The maximum Gasteiger partial charge on any atom is 0.00845 e. The standard InChI is InChI=1S/C15H30N2/c1-13-8-4-3-7-11-17(13)14(2)12-15-9-5-6-10-16-15/h13-16H,3-12H2,1-2H3. The molecule has 0 aromatic rings. The van der Waals surface area contributed by atoms with Crippen LogP contribution in [0.15, 0.2) is 0 Å². The summed E-state index contributed by atoms with van der Waals surface area (Å²) in [4.78, 5) is 2.77. The van der Waals surface area contributed by atoms with Crippen LogP contribution in [0.4, 0.5) is 0 Å². The van der Waals surface area contributed by atoms with E-state index in [4.69, 9.17) is 0 Å². The molecular weight excluding hydrogens is 208 g/mol. The minimum absolute atomic E-state index is 0.763. The van der Waals surface area contributed by atoms with E-state index in [9.17, 15) is 0 Å². The molecule has 2 fully saturated rings. The van der Waals surface area contributed by atoms with Crippen molar-refractivity contribution in [3.63, 3.8) is 0 Å². The van der Waals surface area contributed by atoms with Crippen LogP contribution < -0.4 is 5.32 Å². The molecule has 2 nitrogen and oxygen atoms in total. The van der Waals surface area contributed by atoms with Gasteiger partial charge in [0.2, 0.25) is 0 Å². The fourth-order valence-electron chi connectivity index (χ4n) is 3.62. The Hall–Kier alpha value is -0.0800. The van der Waals surface area contributed by atoms with Crippen LogP contribution in [0.1, 0.15) is 65.2 Å². The molecule has 2 heteroatoms. The molecule has 2 saturated heterocycles. The van der Waals surface area contributed by atoms with Gasteiger partial charge < -0.3 is 5.32 Å². The molecule has 0 saturated carbocycles. The van der Waals surface area contributed by atoms with Gasteiger partial charge in [0.05, 0.1) is 0 Å². The zero-order chi connectivity index (χ0) is 12.1. The first-order chi connectivity index (χ1) is 8.27. The van der Waals surface area contributed by atoms with Crippen molar-refractivity contribution in [1.29, 1.82) is 0 Å². The van der Waals surface area contributed by atoms with E-state index in [1.807, 2.05) is 0 Å². The van der Waals surface area contributed by atoms with Crippen LogP contribution in [0.3, 0.4) is 0 Å². The lowest BCUT2D eigenvalue weighted by Crippen LogP contribution is -2.45. The van der Waals surface area contributed by atoms with E-state index < -0.39 is 0 Å². The first kappa shape index (κ1) is 13.4. The first-order valence-corrected chi connectivity index (χ1v) is 7.76. The second-order valence-corrected chi connectivity index (χ2v) is 6.17. The van der Waals surface area contributed by atoms with Crippen molar-refractivity contribution in [3.8, 4) is 0 Å². The molecule has 2 aliphatic heterocycles. The molecule has 2 rings (SSSR count). The van der Waals surface area contributed by atoms with Crippen LogP contribution in [-0.4, -0.2) is 36.1 Å². The number of rotatable bonds is 3. The largest absolute Gasteiger partial charge is 0.314 e. The summed E-state index contributed by atoms with van der Waals surface area (Å²) in [5, 5.41) is 3.69. The molecule has 3 unspecified atom stereocenters. The lowest BCUT2D eigenvalue weighted by Gasteiger charge is -2.36. The fraction of sp³-hybridized carbons (Fsp3) is 1.00. The number of nitrogens with zero attached hydrogens (tertiary/aromatic N) is 1. The quantitative estimate of drug-likeness (QED) is 0.812. The SMILES string of the molecule is CC1CCCCCN1C(C)CC1CCCCN1. The van der Waals surface area contributed by atoms with Gasteiger partial charge in [-0.2, -0.15) is 0 Å². The summed E-state index contributed by atoms with van der Waals surface area (Å²) in [6.07, 6.45) is 11.2. The summed E-state index contributed by atoms with van der Waals surface area (Å²) >= 11 is 0. The van der Waals surface area contributed by atoms with Gasteiger partial charge in [0.1, 0.15) is 0 Å². The number of piperidine rings is 1. The molecule has 2 aliphatic rings. The maximum atomic E-state index is 3.69. The molecule has 0 aromatic heterocycles. The Labute approximate surface area is 107 Å². The van der Waals surface area contributed by atoms with E-state index in [1.54, 1.807) is 0 Å². The van der Waals surface area contributed by atoms with Gasteiger partial charge in [0.25, 0.3) is 0 Å². The number of hydrogen-bond acceptors (Lipinski definition) is 2. The Morgan fingerprint density at radius 3 is 2.71 bits per heavy atom. The van der Waals surface area contributed by atoms with E-state index in [-0.39, 0.29) is 0 Å². The highest BCUT2D eigenvalue weighted by atomic mass is 15.2. The van der Waals surface area contributed by atoms with Crippen molar-refractivity contribution < 1.29 is 0 Å². The third kappa shape index (κ3) is 3.96. The highest BCUT2D eigenvalue weighted by Crippen LogP contribution is 2.22. The molecule has 17 heavy (non-hydrogen) atoms. The monoisotopic (exact) mass is 238 g/mol. The number of nitrogens with one attached hydrogen (secondary N) is 1. The van der Waals surface area contributed by atoms with Gasteiger partial charge in [-0.05, 0) is 59.0 Å². The normalized spacial score (nSPS) is 34.2. The van der Waals surface area contributed by atoms with Gasteiger partial charge in [0, 0.05) is 18.1 Å². The summed E-state index contributed by atoms with van der Waals surface area (Å²) in [6, 6.07) is 2.35. The molecular formula is C15H30N2. The van der Waals surface area contributed by atoms with Gasteiger partial charge in [0.15, 0.2) is 0 Å². The van der Waals surface area contributed by atoms with Crippen LogP contribution in [-0.2, 0) is 0 Å². The van der Waals surface area contributed by atoms with Crippen LogP contribution in [0.25, 0.3) is 0 Å². The molecule has 0 amide bonds. The van der Waals surface area contributed by atoms with Gasteiger partial charge in [-0.15, -0.1) is 0 Å². The van der Waals surface area contributed by atoms with Crippen LogP contribution in [0.5, 0.6) is 0 Å². The van der Waals surface area contributed by atoms with E-state index >= 15 is 0 Å². The van der Waals surface area contributed by atoms with Gasteiger partial charge in [-0.1, -0.05) is 19.3 Å². The smallest absolute Gasteiger partial charge is 0.00845 e. The average molecular weight is 238 g/mol. The second-order valence-electron chi connectivity index (χ2n) is 6.17. The maximum absolute atomic E-state index is 3.69. The van der Waals surface area contributed by atoms with Crippen molar-refractivity contribution in [2.45, 2.75) is 83.3 Å². The average Bonchev–Trinajstić information content (AvgIpc) is 2.55. The number of hydrogen-bond donors (Lipinski definition) is 1. The van der Waals surface area contributed by atoms with Crippen LogP contribution >= 0.6 is 0 Å². The molecule has 0 aliphatic carbocycles. The Balaban J connectivity index is 1.81. The zero-order valence-electron chi connectivity index (χ0n) is 11.8. The Bertz CT molecular complexity index is 211. The summed E-state index contributed by atoms with van der Waals surface area (Å²) in [5.41, 5.74) is 0. The van der Waals surface area contributed by atoms with E-state index in [2.05, 4.69) is 24.1 Å². The van der Waals surface area contributed by atoms with Gasteiger partial charge in [-0.25, -0.2) is 0 Å². The molecule has 0 aromatic carbocycles. The zero-order valence-corrected chi connectivity index (χ0v) is 11.8. The molecule has 3 atom stereocenters. The Kier molecular flexibility index (Phi) is 5.30. The van der Waals surface area contributed by atoms with Gasteiger partial charge >= 0.3 is 0 Å². The van der Waals surface area contributed by atoms with Crippen molar-refractivity contribution >= 4 is 0 Å². The lowest BCUT2D eigenvalue weighted by atomic mass is 9.97. The summed E-state index contributed by atoms with van der Waals surface area (Å²) in [7, 11) is 0. The highest BCUT2D eigenvalue weighted by Gasteiger charge is 2.24. The molecule has 2 heterocycles. The Morgan fingerprint density at radius 1 is 1.12 bits per heavy atom. The molecule has 0 bridgehead atoms. The van der Waals surface area contributed by atoms with E-state index in [0.29, 0.717) is 0 Å². The Morgan fingerprint density at radius 2 is 1.94 bits per heavy atom. The van der Waals surface area contributed by atoms with Crippen LogP contribution in [0.2, 0.25) is 0 Å². The fourth-order valence-corrected chi connectivity index (χ4v) is 3.62. The van der Waals surface area contributed by atoms with Crippen molar-refractivity contribution in [2.75, 3.05) is 13.1 Å². The summed E-state index contributed by atoms with van der Waals surface area (Å²) < 4.78 is 0. The van der Waals surface area contributed by atoms with Crippen LogP contribution in [0, 0.1) is 0 Å². The predicted octanol–water partition coefficient (Wildman–Crippen LogP) is 3.17. The molecule has 0 radical (unpaired) electrons. The molecule has 100 valence electrons. The van der Waals surface area contributed by atoms with Crippen molar-refractivity contribution in [1.82, 2.24) is 10.2 Å². The highest BCUT2D eigenvalue weighted by molar-refractivity contribution is 4.82.